The third-order valence-corrected chi connectivity index (χ3v) is 5.12. The van der Waals surface area contributed by atoms with Crippen LogP contribution in [0.1, 0.15) is 15.9 Å². The van der Waals surface area contributed by atoms with Crippen molar-refractivity contribution in [3.8, 4) is 0 Å². The molecule has 1 saturated heterocycles. The van der Waals surface area contributed by atoms with Gasteiger partial charge in [-0.15, -0.1) is 0 Å². The largest absolute Gasteiger partial charge is 0.445 e. The van der Waals surface area contributed by atoms with E-state index in [1.807, 2.05) is 35.2 Å². The van der Waals surface area contributed by atoms with Gasteiger partial charge >= 0.3 is 6.09 Å². The Bertz CT molecular complexity index is 797. The number of pyridine rings is 1. The van der Waals surface area contributed by atoms with Crippen LogP contribution in [0.25, 0.3) is 0 Å². The Morgan fingerprint density at radius 1 is 1.37 bits per heavy atom. The van der Waals surface area contributed by atoms with Gasteiger partial charge in [-0.3, -0.25) is 9.78 Å². The molecule has 3 rings (SSSR count). The average Bonchev–Trinajstić information content (AvgIpc) is 2.66. The van der Waals surface area contributed by atoms with E-state index < -0.39 is 12.1 Å². The molecule has 7 nitrogen and oxygen atoms in total. The second kappa shape index (κ2) is 8.96. The van der Waals surface area contributed by atoms with E-state index in [4.69, 9.17) is 4.74 Å². The van der Waals surface area contributed by atoms with E-state index in [2.05, 4.69) is 26.2 Å². The lowest BCUT2D eigenvalue weighted by Crippen LogP contribution is -2.58. The highest BCUT2D eigenvalue weighted by molar-refractivity contribution is 9.10. The zero-order chi connectivity index (χ0) is 19.2. The lowest BCUT2D eigenvalue weighted by Gasteiger charge is -2.45. The van der Waals surface area contributed by atoms with Crippen LogP contribution in [0.2, 0.25) is 0 Å². The van der Waals surface area contributed by atoms with Crippen molar-refractivity contribution in [1.29, 1.82) is 0 Å². The van der Waals surface area contributed by atoms with Crippen LogP contribution in [0.4, 0.5) is 10.5 Å². The van der Waals surface area contributed by atoms with E-state index >= 15 is 0 Å². The summed E-state index contributed by atoms with van der Waals surface area (Å²) in [6.07, 6.45) is 3.36. The molecule has 1 aromatic heterocycles. The minimum absolute atomic E-state index is 0.0545. The molecular weight excluding hydrogens is 414 g/mol. The van der Waals surface area contributed by atoms with Crippen LogP contribution >= 0.6 is 15.9 Å². The molecule has 8 heteroatoms. The number of ether oxygens (including phenoxy) is 1. The Hall–Kier alpha value is -2.45. The van der Waals surface area contributed by atoms with Crippen LogP contribution in [0, 0.1) is 5.92 Å². The van der Waals surface area contributed by atoms with E-state index in [0.29, 0.717) is 18.7 Å². The quantitative estimate of drug-likeness (QED) is 0.651. The Balaban J connectivity index is 1.53. The molecule has 27 heavy (non-hydrogen) atoms. The molecule has 2 N–H and O–H groups in total. The second-order valence-electron chi connectivity index (χ2n) is 6.34. The molecular formula is C19H20BrN3O4. The summed E-state index contributed by atoms with van der Waals surface area (Å²) < 4.78 is 5.95. The van der Waals surface area contributed by atoms with Gasteiger partial charge in [0, 0.05) is 31.4 Å². The van der Waals surface area contributed by atoms with Gasteiger partial charge in [-0.25, -0.2) is 4.79 Å². The average molecular weight is 434 g/mol. The smallest absolute Gasteiger partial charge is 0.407 e. The van der Waals surface area contributed by atoms with Crippen molar-refractivity contribution in [1.82, 2.24) is 10.3 Å². The summed E-state index contributed by atoms with van der Waals surface area (Å²) in [5.74, 6) is 0.0545. The number of nitrogens with zero attached hydrogens (tertiary/aromatic N) is 2. The summed E-state index contributed by atoms with van der Waals surface area (Å²) in [7, 11) is 0. The zero-order valence-electron chi connectivity index (χ0n) is 14.5. The van der Waals surface area contributed by atoms with Crippen molar-refractivity contribution in [3.63, 3.8) is 0 Å². The van der Waals surface area contributed by atoms with E-state index in [-0.39, 0.29) is 19.1 Å². The third kappa shape index (κ3) is 4.64. The summed E-state index contributed by atoms with van der Waals surface area (Å²) in [5, 5.41) is 12.4. The topological polar surface area (TPSA) is 91.8 Å². The van der Waals surface area contributed by atoms with Crippen LogP contribution in [-0.4, -0.2) is 48.2 Å². The minimum atomic E-state index is -0.560. The van der Waals surface area contributed by atoms with E-state index in [9.17, 15) is 14.7 Å². The van der Waals surface area contributed by atoms with Crippen molar-refractivity contribution >= 4 is 34.0 Å². The van der Waals surface area contributed by atoms with Gasteiger partial charge in [-0.1, -0.05) is 30.3 Å². The Kier molecular flexibility index (Phi) is 6.41. The molecule has 1 fully saturated rings. The summed E-state index contributed by atoms with van der Waals surface area (Å²) in [6, 6.07) is 8.98. The number of carbonyl (C=O) groups is 2. The zero-order valence-corrected chi connectivity index (χ0v) is 16.1. The van der Waals surface area contributed by atoms with Gasteiger partial charge in [0.05, 0.1) is 28.4 Å². The van der Waals surface area contributed by atoms with E-state index in [0.717, 1.165) is 22.0 Å². The maximum Gasteiger partial charge on any atom is 0.407 e. The van der Waals surface area contributed by atoms with Crippen molar-refractivity contribution in [3.05, 3.63) is 58.3 Å². The number of aldehydes is 1. The Morgan fingerprint density at radius 2 is 2.11 bits per heavy atom. The lowest BCUT2D eigenvalue weighted by molar-refractivity contribution is 0.112. The minimum Gasteiger partial charge on any atom is -0.445 e. The first-order valence-electron chi connectivity index (χ1n) is 8.54. The first kappa shape index (κ1) is 19.3. The van der Waals surface area contributed by atoms with Gasteiger partial charge in [0.2, 0.25) is 0 Å². The fraction of sp³-hybridized carbons (Fsp3) is 0.316. The number of amides is 1. The molecule has 1 unspecified atom stereocenters. The number of halogens is 1. The number of benzene rings is 1. The number of aliphatic hydroxyl groups is 1. The summed E-state index contributed by atoms with van der Waals surface area (Å²) in [6.45, 7) is 1.20. The number of aliphatic hydroxyl groups excluding tert-OH is 1. The summed E-state index contributed by atoms with van der Waals surface area (Å²) in [4.78, 5) is 29.3. The first-order valence-corrected chi connectivity index (χ1v) is 9.33. The second-order valence-corrected chi connectivity index (χ2v) is 7.19. The van der Waals surface area contributed by atoms with Gasteiger partial charge in [0.1, 0.15) is 6.61 Å². The number of nitrogens with one attached hydrogen (secondary N) is 1. The van der Waals surface area contributed by atoms with E-state index in [1.54, 1.807) is 6.20 Å². The van der Waals surface area contributed by atoms with Gasteiger partial charge in [-0.2, -0.15) is 0 Å². The molecule has 1 aliphatic heterocycles. The van der Waals surface area contributed by atoms with E-state index in [1.165, 1.54) is 6.20 Å². The monoisotopic (exact) mass is 433 g/mol. The molecule has 2 aromatic rings. The highest BCUT2D eigenvalue weighted by Crippen LogP contribution is 2.34. The van der Waals surface area contributed by atoms with Crippen LogP contribution < -0.4 is 10.2 Å². The number of anilines is 1. The molecule has 0 radical (unpaired) electrons. The number of alkyl carbamates (subject to hydrolysis) is 1. The molecule has 0 aliphatic carbocycles. The van der Waals surface area contributed by atoms with Crippen molar-refractivity contribution in [2.75, 3.05) is 24.6 Å². The van der Waals surface area contributed by atoms with Gasteiger partial charge in [-0.05, 0) is 21.5 Å². The highest BCUT2D eigenvalue weighted by Gasteiger charge is 2.36. The molecule has 1 atom stereocenters. The fourth-order valence-corrected chi connectivity index (χ4v) is 3.64. The molecule has 0 saturated carbocycles. The van der Waals surface area contributed by atoms with Gasteiger partial charge in [0.25, 0.3) is 0 Å². The normalized spacial score (nSPS) is 15.0. The fourth-order valence-electron chi connectivity index (χ4n) is 3.04. The Labute approximate surface area is 165 Å². The van der Waals surface area contributed by atoms with Crippen molar-refractivity contribution in [2.24, 2.45) is 5.92 Å². The first-order chi connectivity index (χ1) is 13.1. The maximum atomic E-state index is 12.0. The Morgan fingerprint density at radius 3 is 2.78 bits per heavy atom. The third-order valence-electron chi connectivity index (χ3n) is 4.54. The van der Waals surface area contributed by atoms with Crippen molar-refractivity contribution < 1.29 is 19.4 Å². The van der Waals surface area contributed by atoms with Gasteiger partial charge in [0.15, 0.2) is 6.29 Å². The number of rotatable bonds is 7. The number of hydrogen-bond acceptors (Lipinski definition) is 6. The molecule has 142 valence electrons. The molecule has 0 bridgehead atoms. The highest BCUT2D eigenvalue weighted by atomic mass is 79.9. The summed E-state index contributed by atoms with van der Waals surface area (Å²) in [5.41, 5.74) is 2.17. The van der Waals surface area contributed by atoms with Crippen LogP contribution in [0.15, 0.2) is 47.2 Å². The number of hydrogen-bond donors (Lipinski definition) is 2. The van der Waals surface area contributed by atoms with Crippen LogP contribution in [0.5, 0.6) is 0 Å². The maximum absolute atomic E-state index is 12.0. The molecule has 1 amide bonds. The predicted octanol–water partition coefficient (Wildman–Crippen LogP) is 2.38. The molecule has 1 aliphatic rings. The van der Waals surface area contributed by atoms with Crippen LogP contribution in [0.3, 0.4) is 0 Å². The summed E-state index contributed by atoms with van der Waals surface area (Å²) >= 11 is 3.42. The molecule has 1 aromatic carbocycles. The molecule has 2 heterocycles. The van der Waals surface area contributed by atoms with Crippen molar-refractivity contribution in [2.45, 2.75) is 12.6 Å². The standard InChI is InChI=1S/C19H20BrN3O4/c20-16-7-21-6-14(10-24)18(16)23-8-15(9-23)17(11-25)22-19(26)27-12-13-4-2-1-3-5-13/h1-7,10,15,17,25H,8-9,11-12H2,(H,22,26). The predicted molar refractivity (Wildman–Crippen MR) is 104 cm³/mol. The number of carbonyl (C=O) groups excluding carboxylic acids is 2. The van der Waals surface area contributed by atoms with Crippen LogP contribution in [-0.2, 0) is 11.3 Å². The SMILES string of the molecule is O=Cc1cncc(Br)c1N1CC(C(CO)NC(=O)OCc2ccccc2)C1. The lowest BCUT2D eigenvalue weighted by atomic mass is 9.91. The van der Waals surface area contributed by atoms with Gasteiger partial charge < -0.3 is 20.1 Å². The number of aromatic nitrogens is 1. The molecule has 0 spiro atoms.